The van der Waals surface area contributed by atoms with E-state index in [1.54, 1.807) is 0 Å². The Morgan fingerprint density at radius 1 is 1.09 bits per heavy atom. The van der Waals surface area contributed by atoms with E-state index in [2.05, 4.69) is 20.8 Å². The summed E-state index contributed by atoms with van der Waals surface area (Å²) < 4.78 is 0. The minimum Gasteiger partial charge on any atom is -0.393 e. The van der Waals surface area contributed by atoms with Gasteiger partial charge in [-0.25, -0.2) is 0 Å². The maximum Gasteiger partial charge on any atom is 0.133 e. The summed E-state index contributed by atoms with van der Waals surface area (Å²) in [6.07, 6.45) is 8.72. The molecule has 1 N–H and O–H groups in total. The molecule has 8 atom stereocenters. The Hall–Kier alpha value is -0.370. The molecule has 0 aromatic carbocycles. The van der Waals surface area contributed by atoms with Crippen LogP contribution in [0.2, 0.25) is 0 Å². The van der Waals surface area contributed by atoms with Gasteiger partial charge < -0.3 is 5.11 Å². The Labute approximate surface area is 135 Å². The lowest BCUT2D eigenvalue weighted by molar-refractivity contribution is -0.144. The van der Waals surface area contributed by atoms with E-state index in [1.807, 2.05) is 0 Å². The van der Waals surface area contributed by atoms with Crippen LogP contribution in [0.25, 0.3) is 0 Å². The third-order valence-corrected chi connectivity index (χ3v) is 8.75. The molecule has 4 rings (SSSR count). The van der Waals surface area contributed by atoms with E-state index in [0.717, 1.165) is 37.5 Å². The van der Waals surface area contributed by atoms with Crippen molar-refractivity contribution >= 4 is 5.78 Å². The highest BCUT2D eigenvalue weighted by Gasteiger charge is 2.61. The van der Waals surface area contributed by atoms with Gasteiger partial charge in [0.1, 0.15) is 5.78 Å². The van der Waals surface area contributed by atoms with E-state index in [1.165, 1.54) is 25.7 Å². The average Bonchev–Trinajstić information content (AvgIpc) is 2.70. The zero-order valence-electron chi connectivity index (χ0n) is 14.5. The predicted molar refractivity (Wildman–Crippen MR) is 87.3 cm³/mol. The van der Waals surface area contributed by atoms with Crippen molar-refractivity contribution < 1.29 is 9.90 Å². The van der Waals surface area contributed by atoms with Crippen LogP contribution < -0.4 is 0 Å². The predicted octanol–water partition coefficient (Wildman–Crippen LogP) is 4.21. The maximum absolute atomic E-state index is 11.9. The van der Waals surface area contributed by atoms with E-state index in [9.17, 15) is 9.90 Å². The van der Waals surface area contributed by atoms with Crippen LogP contribution >= 0.6 is 0 Å². The van der Waals surface area contributed by atoms with Crippen molar-refractivity contribution in [3.63, 3.8) is 0 Å². The first-order chi connectivity index (χ1) is 10.4. The van der Waals surface area contributed by atoms with Crippen LogP contribution in [0.4, 0.5) is 0 Å². The lowest BCUT2D eigenvalue weighted by Gasteiger charge is -2.60. The van der Waals surface area contributed by atoms with Crippen LogP contribution in [0.3, 0.4) is 0 Å². The standard InChI is InChI=1S/C20H32O2/c1-12-10-17(22)20(3)9-7-16-15(18(12)20)5-4-13-11-14(21)6-8-19(13,16)2/h12-13,15-18,22H,4-11H2,1-3H3/t12?,13-,15+,16-,17-,18-,19-,20+/m0/s1. The second-order valence-corrected chi connectivity index (χ2v) is 9.59. The molecule has 22 heavy (non-hydrogen) atoms. The van der Waals surface area contributed by atoms with Gasteiger partial charge in [0.05, 0.1) is 6.10 Å². The number of aliphatic hydroxyl groups excluding tert-OH is 1. The molecule has 0 aromatic rings. The van der Waals surface area contributed by atoms with Crippen molar-refractivity contribution in [3.05, 3.63) is 0 Å². The van der Waals surface area contributed by atoms with Gasteiger partial charge in [0.15, 0.2) is 0 Å². The van der Waals surface area contributed by atoms with Crippen LogP contribution in [0, 0.1) is 40.4 Å². The third kappa shape index (κ3) is 1.85. The summed E-state index contributed by atoms with van der Waals surface area (Å²) in [5.41, 5.74) is 0.555. The van der Waals surface area contributed by atoms with Gasteiger partial charge in [-0.15, -0.1) is 0 Å². The molecule has 124 valence electrons. The molecular weight excluding hydrogens is 272 g/mol. The summed E-state index contributed by atoms with van der Waals surface area (Å²) in [6, 6.07) is 0. The number of hydrogen-bond donors (Lipinski definition) is 1. The van der Waals surface area contributed by atoms with Gasteiger partial charge >= 0.3 is 0 Å². The maximum atomic E-state index is 11.9. The Morgan fingerprint density at radius 2 is 1.86 bits per heavy atom. The first-order valence-corrected chi connectivity index (χ1v) is 9.56. The minimum atomic E-state index is -0.0908. The van der Waals surface area contributed by atoms with Crippen molar-refractivity contribution in [2.45, 2.75) is 78.2 Å². The normalized spacial score (nSPS) is 57.9. The highest BCUT2D eigenvalue weighted by molar-refractivity contribution is 5.79. The van der Waals surface area contributed by atoms with E-state index >= 15 is 0 Å². The van der Waals surface area contributed by atoms with E-state index in [0.29, 0.717) is 29.0 Å². The Morgan fingerprint density at radius 3 is 2.64 bits per heavy atom. The Balaban J connectivity index is 1.66. The lowest BCUT2D eigenvalue weighted by atomic mass is 9.44. The summed E-state index contributed by atoms with van der Waals surface area (Å²) in [7, 11) is 0. The number of rotatable bonds is 0. The molecule has 4 aliphatic carbocycles. The monoisotopic (exact) mass is 304 g/mol. The topological polar surface area (TPSA) is 37.3 Å². The van der Waals surface area contributed by atoms with Crippen LogP contribution in [-0.2, 0) is 4.79 Å². The molecule has 0 radical (unpaired) electrons. The zero-order valence-corrected chi connectivity index (χ0v) is 14.5. The SMILES string of the molecule is CC1C[C@H](O)[C@@]2(C)CC[C@H]3[C@@H](CC[C@H]4CC(=O)CC[C@@]43C)[C@H]12. The van der Waals surface area contributed by atoms with Crippen LogP contribution in [0.1, 0.15) is 72.1 Å². The molecule has 0 saturated heterocycles. The van der Waals surface area contributed by atoms with Crippen molar-refractivity contribution in [2.75, 3.05) is 0 Å². The Kier molecular flexibility index (Phi) is 3.32. The summed E-state index contributed by atoms with van der Waals surface area (Å²) >= 11 is 0. The quantitative estimate of drug-likeness (QED) is 0.728. The smallest absolute Gasteiger partial charge is 0.133 e. The fourth-order valence-electron chi connectivity index (χ4n) is 7.55. The number of fused-ring (bicyclic) bond motifs is 5. The molecule has 0 spiro atoms. The first kappa shape index (κ1) is 15.2. The van der Waals surface area contributed by atoms with Crippen LogP contribution in [-0.4, -0.2) is 17.0 Å². The molecule has 0 aliphatic heterocycles. The van der Waals surface area contributed by atoms with Crippen molar-refractivity contribution in [1.82, 2.24) is 0 Å². The van der Waals surface area contributed by atoms with E-state index < -0.39 is 0 Å². The van der Waals surface area contributed by atoms with Crippen LogP contribution in [0.15, 0.2) is 0 Å². The first-order valence-electron chi connectivity index (χ1n) is 9.56. The minimum absolute atomic E-state index is 0.0908. The number of Topliss-reactive ketones (excluding diaryl/α,β-unsaturated/α-hetero) is 1. The van der Waals surface area contributed by atoms with Crippen molar-refractivity contribution in [1.29, 1.82) is 0 Å². The largest absolute Gasteiger partial charge is 0.393 e. The second kappa shape index (κ2) is 4.82. The van der Waals surface area contributed by atoms with Gasteiger partial charge in [-0.3, -0.25) is 4.79 Å². The lowest BCUT2D eigenvalue weighted by Crippen LogP contribution is -2.54. The summed E-state index contributed by atoms with van der Waals surface area (Å²) in [5, 5.41) is 10.6. The number of aliphatic hydroxyl groups is 1. The van der Waals surface area contributed by atoms with Gasteiger partial charge in [0.2, 0.25) is 0 Å². The summed E-state index contributed by atoms with van der Waals surface area (Å²) in [6.45, 7) is 7.24. The van der Waals surface area contributed by atoms with Gasteiger partial charge in [-0.1, -0.05) is 20.8 Å². The van der Waals surface area contributed by atoms with E-state index in [4.69, 9.17) is 0 Å². The van der Waals surface area contributed by atoms with Gasteiger partial charge in [0, 0.05) is 12.8 Å². The molecule has 0 aromatic heterocycles. The third-order valence-electron chi connectivity index (χ3n) is 8.75. The average molecular weight is 304 g/mol. The molecule has 4 saturated carbocycles. The second-order valence-electron chi connectivity index (χ2n) is 9.59. The number of ketones is 1. The number of hydrogen-bond acceptors (Lipinski definition) is 2. The highest BCUT2D eigenvalue weighted by Crippen LogP contribution is 2.67. The number of carbonyl (C=O) groups is 1. The molecule has 0 amide bonds. The number of carbonyl (C=O) groups excluding carboxylic acids is 1. The summed E-state index contributed by atoms with van der Waals surface area (Å²) in [4.78, 5) is 11.9. The zero-order chi connectivity index (χ0) is 15.7. The van der Waals surface area contributed by atoms with Gasteiger partial charge in [0.25, 0.3) is 0 Å². The highest BCUT2D eigenvalue weighted by atomic mass is 16.3. The molecule has 0 bridgehead atoms. The Bertz CT molecular complexity index is 486. The fraction of sp³-hybridized carbons (Fsp3) is 0.950. The van der Waals surface area contributed by atoms with Crippen LogP contribution in [0.5, 0.6) is 0 Å². The molecule has 2 heteroatoms. The van der Waals surface area contributed by atoms with Gasteiger partial charge in [-0.2, -0.15) is 0 Å². The molecule has 4 fully saturated rings. The van der Waals surface area contributed by atoms with Gasteiger partial charge in [-0.05, 0) is 78.9 Å². The van der Waals surface area contributed by atoms with Crippen molar-refractivity contribution in [2.24, 2.45) is 40.4 Å². The van der Waals surface area contributed by atoms with Crippen molar-refractivity contribution in [3.8, 4) is 0 Å². The molecule has 2 nitrogen and oxygen atoms in total. The van der Waals surface area contributed by atoms with E-state index in [-0.39, 0.29) is 11.5 Å². The molecule has 1 unspecified atom stereocenters. The summed E-state index contributed by atoms with van der Waals surface area (Å²) in [5.74, 6) is 4.10. The molecule has 0 heterocycles. The molecule has 4 aliphatic rings. The molecular formula is C20H32O2. The fourth-order valence-corrected chi connectivity index (χ4v) is 7.55.